The van der Waals surface area contributed by atoms with Crippen LogP contribution in [0.2, 0.25) is 0 Å². The van der Waals surface area contributed by atoms with Gasteiger partial charge < -0.3 is 9.84 Å². The summed E-state index contributed by atoms with van der Waals surface area (Å²) in [6.07, 6.45) is 2.34. The molecule has 0 atom stereocenters. The van der Waals surface area contributed by atoms with Crippen molar-refractivity contribution >= 4 is 27.2 Å². The summed E-state index contributed by atoms with van der Waals surface area (Å²) in [5, 5.41) is 14.2. The molecule has 2 N–H and O–H groups in total. The third-order valence-electron chi connectivity index (χ3n) is 4.60. The van der Waals surface area contributed by atoms with Crippen LogP contribution in [0.1, 0.15) is 15.9 Å². The van der Waals surface area contributed by atoms with Gasteiger partial charge in [-0.2, -0.15) is 5.10 Å². The molecule has 0 aliphatic rings. The number of rotatable bonds is 7. The summed E-state index contributed by atoms with van der Waals surface area (Å²) in [5.74, 6) is -1.57. The molecule has 2 aromatic carbocycles. The van der Waals surface area contributed by atoms with Crippen LogP contribution in [-0.2, 0) is 16.6 Å². The molecule has 8 nitrogen and oxygen atoms in total. The van der Waals surface area contributed by atoms with Gasteiger partial charge in [0, 0.05) is 11.6 Å². The zero-order valence-electron chi connectivity index (χ0n) is 16.8. The van der Waals surface area contributed by atoms with Crippen LogP contribution in [0, 0.1) is 5.82 Å². The number of pyridine rings is 1. The fraction of sp³-hybridized carbons (Fsp3) is 0.0909. The van der Waals surface area contributed by atoms with Crippen LogP contribution in [0.15, 0.2) is 66.9 Å². The highest BCUT2D eigenvalue weighted by Crippen LogP contribution is 2.33. The average molecular weight is 455 g/mol. The minimum atomic E-state index is -3.66. The van der Waals surface area contributed by atoms with Gasteiger partial charge in [-0.1, -0.05) is 30.3 Å². The average Bonchev–Trinajstić information content (AvgIpc) is 3.10. The quantitative estimate of drug-likeness (QED) is 0.439. The Hall–Kier alpha value is -3.92. The summed E-state index contributed by atoms with van der Waals surface area (Å²) in [4.78, 5) is 12.1. The zero-order chi connectivity index (χ0) is 22.9. The number of hydrogen-bond acceptors (Lipinski definition) is 5. The summed E-state index contributed by atoms with van der Waals surface area (Å²) < 4.78 is 46.5. The second-order valence-corrected chi connectivity index (χ2v) is 8.81. The number of fused-ring (bicyclic) bond motifs is 1. The third kappa shape index (κ3) is 4.54. The number of benzene rings is 2. The minimum Gasteiger partial charge on any atom is -0.487 e. The second kappa shape index (κ2) is 8.31. The van der Waals surface area contributed by atoms with E-state index in [2.05, 4.69) is 9.82 Å². The lowest BCUT2D eigenvalue weighted by Gasteiger charge is -2.13. The van der Waals surface area contributed by atoms with Crippen LogP contribution in [0.5, 0.6) is 5.75 Å². The van der Waals surface area contributed by atoms with Gasteiger partial charge in [0.05, 0.1) is 18.0 Å². The van der Waals surface area contributed by atoms with Crippen molar-refractivity contribution in [3.05, 3.63) is 83.8 Å². The summed E-state index contributed by atoms with van der Waals surface area (Å²) in [5.41, 5.74) is 1.53. The molecule has 0 unspecified atom stereocenters. The molecule has 2 heterocycles. The number of hydrogen-bond donors (Lipinski definition) is 2. The molecule has 4 aromatic rings. The van der Waals surface area contributed by atoms with Crippen molar-refractivity contribution in [2.75, 3.05) is 11.0 Å². The lowest BCUT2D eigenvalue weighted by atomic mass is 10.1. The first kappa shape index (κ1) is 21.3. The molecule has 0 aliphatic heterocycles. The van der Waals surface area contributed by atoms with E-state index in [4.69, 9.17) is 4.74 Å². The number of nitrogens with zero attached hydrogens (tertiary/aromatic N) is 2. The first-order valence-electron chi connectivity index (χ1n) is 9.41. The molecule has 0 radical (unpaired) electrons. The van der Waals surface area contributed by atoms with Crippen molar-refractivity contribution in [3.8, 4) is 17.0 Å². The molecular weight excluding hydrogens is 437 g/mol. The summed E-state index contributed by atoms with van der Waals surface area (Å²) in [6, 6.07) is 15.9. The fourth-order valence-electron chi connectivity index (χ4n) is 3.22. The highest BCUT2D eigenvalue weighted by molar-refractivity contribution is 7.92. The number of aromatic nitrogens is 2. The molecule has 0 amide bonds. The van der Waals surface area contributed by atoms with E-state index >= 15 is 0 Å². The monoisotopic (exact) mass is 455 g/mol. The highest BCUT2D eigenvalue weighted by atomic mass is 32.2. The highest BCUT2D eigenvalue weighted by Gasteiger charge is 2.23. The second-order valence-electron chi connectivity index (χ2n) is 7.07. The Balaban J connectivity index is 1.86. The topological polar surface area (TPSA) is 110 Å². The maximum absolute atomic E-state index is 13.3. The predicted octanol–water partition coefficient (Wildman–Crippen LogP) is 3.79. The van der Waals surface area contributed by atoms with Gasteiger partial charge in [-0.15, -0.1) is 0 Å². The molecular formula is C22H18FN3O5S. The number of aromatic carboxylic acids is 1. The van der Waals surface area contributed by atoms with E-state index in [9.17, 15) is 22.7 Å². The first-order valence-corrected chi connectivity index (χ1v) is 11.3. The molecule has 0 spiro atoms. The number of sulfonamides is 1. The standard InChI is InChI=1S/C22H18FN3O5S/c1-32(29,30)25-17-12-26-18(11-19(17)31-13-14-5-3-2-4-6-14)20(22(27)28)21(24-26)15-7-9-16(23)10-8-15/h2-12,25H,13H2,1H3,(H,27,28). The summed E-state index contributed by atoms with van der Waals surface area (Å²) >= 11 is 0. The SMILES string of the molecule is CS(=O)(=O)Nc1cn2nc(-c3ccc(F)cc3)c(C(=O)O)c2cc1OCc1ccccc1. The molecule has 32 heavy (non-hydrogen) atoms. The lowest BCUT2D eigenvalue weighted by Crippen LogP contribution is -2.12. The van der Waals surface area contributed by atoms with Crippen LogP contribution >= 0.6 is 0 Å². The van der Waals surface area contributed by atoms with Crippen molar-refractivity contribution in [2.45, 2.75) is 6.61 Å². The molecule has 10 heteroatoms. The van der Waals surface area contributed by atoms with Crippen molar-refractivity contribution < 1.29 is 27.4 Å². The minimum absolute atomic E-state index is 0.0982. The fourth-order valence-corrected chi connectivity index (χ4v) is 3.78. The van der Waals surface area contributed by atoms with E-state index in [0.717, 1.165) is 11.8 Å². The normalized spacial score (nSPS) is 11.4. The van der Waals surface area contributed by atoms with Gasteiger partial charge in [-0.05, 0) is 29.8 Å². The van der Waals surface area contributed by atoms with E-state index in [1.54, 1.807) is 0 Å². The van der Waals surface area contributed by atoms with Crippen LogP contribution in [0.4, 0.5) is 10.1 Å². The maximum Gasteiger partial charge on any atom is 0.340 e. The van der Waals surface area contributed by atoms with Crippen molar-refractivity contribution in [1.29, 1.82) is 0 Å². The van der Waals surface area contributed by atoms with Crippen LogP contribution < -0.4 is 9.46 Å². The van der Waals surface area contributed by atoms with E-state index in [1.807, 2.05) is 30.3 Å². The van der Waals surface area contributed by atoms with Crippen LogP contribution in [0.25, 0.3) is 16.8 Å². The zero-order valence-corrected chi connectivity index (χ0v) is 17.6. The molecule has 0 saturated carbocycles. The number of anilines is 1. The largest absolute Gasteiger partial charge is 0.487 e. The molecule has 0 fully saturated rings. The summed E-state index contributed by atoms with van der Waals surface area (Å²) in [7, 11) is -3.66. The Kier molecular flexibility index (Phi) is 5.54. The van der Waals surface area contributed by atoms with Gasteiger partial charge in [0.2, 0.25) is 10.0 Å². The maximum atomic E-state index is 13.3. The van der Waals surface area contributed by atoms with Crippen LogP contribution in [-0.4, -0.2) is 35.4 Å². The van der Waals surface area contributed by atoms with Gasteiger partial charge in [-0.3, -0.25) is 4.72 Å². The van der Waals surface area contributed by atoms with E-state index in [-0.39, 0.29) is 34.8 Å². The number of ether oxygens (including phenoxy) is 1. The van der Waals surface area contributed by atoms with Gasteiger partial charge in [0.1, 0.15) is 35.1 Å². The predicted molar refractivity (Wildman–Crippen MR) is 117 cm³/mol. The number of carbonyl (C=O) groups is 1. The Bertz CT molecular complexity index is 1400. The molecule has 4 rings (SSSR count). The molecule has 0 saturated heterocycles. The Morgan fingerprint density at radius 3 is 2.47 bits per heavy atom. The lowest BCUT2D eigenvalue weighted by molar-refractivity contribution is 0.0700. The smallest absolute Gasteiger partial charge is 0.340 e. The van der Waals surface area contributed by atoms with Gasteiger partial charge in [0.25, 0.3) is 0 Å². The van der Waals surface area contributed by atoms with Gasteiger partial charge >= 0.3 is 5.97 Å². The first-order chi connectivity index (χ1) is 15.2. The van der Waals surface area contributed by atoms with Gasteiger partial charge in [0.15, 0.2) is 0 Å². The van der Waals surface area contributed by atoms with Gasteiger partial charge in [-0.25, -0.2) is 22.1 Å². The number of carboxylic acids is 1. The van der Waals surface area contributed by atoms with E-state index < -0.39 is 21.8 Å². The number of halogens is 1. The molecule has 0 aliphatic carbocycles. The van der Waals surface area contributed by atoms with Crippen molar-refractivity contribution in [1.82, 2.24) is 9.61 Å². The van der Waals surface area contributed by atoms with E-state index in [1.165, 1.54) is 41.0 Å². The van der Waals surface area contributed by atoms with Crippen molar-refractivity contribution in [3.63, 3.8) is 0 Å². The Morgan fingerprint density at radius 1 is 1.16 bits per heavy atom. The third-order valence-corrected chi connectivity index (χ3v) is 5.19. The molecule has 164 valence electrons. The Morgan fingerprint density at radius 2 is 1.84 bits per heavy atom. The molecule has 0 bridgehead atoms. The van der Waals surface area contributed by atoms with E-state index in [0.29, 0.717) is 5.56 Å². The van der Waals surface area contributed by atoms with Crippen molar-refractivity contribution in [2.24, 2.45) is 0 Å². The Labute approximate surface area is 182 Å². The number of carboxylic acid groups (broad SMARTS) is 1. The summed E-state index contributed by atoms with van der Waals surface area (Å²) in [6.45, 7) is 0.136. The number of nitrogens with one attached hydrogen (secondary N) is 1. The van der Waals surface area contributed by atoms with Crippen LogP contribution in [0.3, 0.4) is 0 Å². The molecule has 2 aromatic heterocycles.